The first-order valence-electron chi connectivity index (χ1n) is 11.6. The second-order valence-electron chi connectivity index (χ2n) is 8.44. The highest BCUT2D eigenvalue weighted by atomic mass is 16.5. The highest BCUT2D eigenvalue weighted by Gasteiger charge is 2.19. The Balaban J connectivity index is 1.30. The van der Waals surface area contributed by atoms with E-state index in [0.29, 0.717) is 18.3 Å². The number of likely N-dealkylation sites (tertiary alicyclic amines) is 1. The molecule has 4 heterocycles. The minimum atomic E-state index is -0.00822. The summed E-state index contributed by atoms with van der Waals surface area (Å²) in [6.07, 6.45) is 6.66. The number of aromatic nitrogens is 3. The first-order chi connectivity index (χ1) is 16.1. The van der Waals surface area contributed by atoms with Crippen molar-refractivity contribution in [3.8, 4) is 11.5 Å². The van der Waals surface area contributed by atoms with Crippen molar-refractivity contribution >= 4 is 11.0 Å². The van der Waals surface area contributed by atoms with Crippen molar-refractivity contribution in [3.63, 3.8) is 0 Å². The average Bonchev–Trinajstić information content (AvgIpc) is 2.87. The molecule has 0 aliphatic carbocycles. The molecule has 4 rings (SSSR count). The highest BCUT2D eigenvalue weighted by molar-refractivity contribution is 5.75. The molecule has 0 atom stereocenters. The van der Waals surface area contributed by atoms with Crippen LogP contribution in [-0.2, 0) is 19.5 Å². The molecule has 0 saturated carbocycles. The fourth-order valence-corrected chi connectivity index (χ4v) is 4.40. The summed E-state index contributed by atoms with van der Waals surface area (Å²) in [6, 6.07) is 7.75. The minimum absolute atomic E-state index is 0.00822. The van der Waals surface area contributed by atoms with Gasteiger partial charge in [0, 0.05) is 55.6 Å². The van der Waals surface area contributed by atoms with Crippen molar-refractivity contribution in [1.82, 2.24) is 24.8 Å². The maximum atomic E-state index is 12.5. The first kappa shape index (κ1) is 23.2. The van der Waals surface area contributed by atoms with E-state index in [1.807, 2.05) is 18.3 Å². The number of hydrogen-bond donors (Lipinski definition) is 1. The molecule has 176 valence electrons. The Labute approximate surface area is 194 Å². The maximum Gasteiger partial charge on any atom is 0.251 e. The maximum absolute atomic E-state index is 12.5. The van der Waals surface area contributed by atoms with Crippen molar-refractivity contribution in [1.29, 1.82) is 0 Å². The van der Waals surface area contributed by atoms with Crippen molar-refractivity contribution in [2.24, 2.45) is 0 Å². The van der Waals surface area contributed by atoms with E-state index in [0.717, 1.165) is 73.5 Å². The van der Waals surface area contributed by atoms with Gasteiger partial charge in [0.25, 0.3) is 5.56 Å². The molecule has 0 bridgehead atoms. The predicted octanol–water partition coefficient (Wildman–Crippen LogP) is 2.63. The number of nitrogens with one attached hydrogen (secondary N) is 1. The first-order valence-corrected chi connectivity index (χ1v) is 11.6. The SMILES string of the molecule is CCc1cnc(CNC2CCN(CCn3c(=O)ccc4ncc(OC)cc43)CC2)cc1OC. The Morgan fingerprint density at radius 2 is 1.88 bits per heavy atom. The summed E-state index contributed by atoms with van der Waals surface area (Å²) in [7, 11) is 3.32. The van der Waals surface area contributed by atoms with Crippen molar-refractivity contribution in [2.45, 2.75) is 45.3 Å². The molecule has 1 fully saturated rings. The summed E-state index contributed by atoms with van der Waals surface area (Å²) >= 11 is 0. The molecule has 0 aromatic carbocycles. The van der Waals surface area contributed by atoms with Gasteiger partial charge in [-0.2, -0.15) is 0 Å². The molecule has 1 aliphatic rings. The summed E-state index contributed by atoms with van der Waals surface area (Å²) in [4.78, 5) is 23.9. The Kier molecular flexibility index (Phi) is 7.57. The van der Waals surface area contributed by atoms with E-state index in [1.165, 1.54) is 0 Å². The Hall–Kier alpha value is -2.97. The van der Waals surface area contributed by atoms with Crippen LogP contribution in [0.1, 0.15) is 31.0 Å². The molecule has 1 saturated heterocycles. The van der Waals surface area contributed by atoms with Gasteiger partial charge in [-0.1, -0.05) is 6.92 Å². The number of pyridine rings is 3. The van der Waals surface area contributed by atoms with Gasteiger partial charge in [-0.25, -0.2) is 0 Å². The van der Waals surface area contributed by atoms with Crippen LogP contribution in [0, 0.1) is 0 Å². The molecule has 1 aliphatic heterocycles. The molecule has 8 heteroatoms. The Morgan fingerprint density at radius 3 is 2.61 bits per heavy atom. The highest BCUT2D eigenvalue weighted by Crippen LogP contribution is 2.20. The third kappa shape index (κ3) is 5.51. The lowest BCUT2D eigenvalue weighted by molar-refractivity contribution is 0.191. The van der Waals surface area contributed by atoms with Gasteiger partial charge in [-0.05, 0) is 38.4 Å². The van der Waals surface area contributed by atoms with Crippen LogP contribution < -0.4 is 20.3 Å². The van der Waals surface area contributed by atoms with Crippen LogP contribution >= 0.6 is 0 Å². The van der Waals surface area contributed by atoms with E-state index < -0.39 is 0 Å². The summed E-state index contributed by atoms with van der Waals surface area (Å²) in [5.41, 5.74) is 3.75. The molecule has 33 heavy (non-hydrogen) atoms. The van der Waals surface area contributed by atoms with E-state index in [2.05, 4.69) is 27.1 Å². The summed E-state index contributed by atoms with van der Waals surface area (Å²) < 4.78 is 12.6. The molecule has 0 amide bonds. The summed E-state index contributed by atoms with van der Waals surface area (Å²) in [6.45, 7) is 6.33. The van der Waals surface area contributed by atoms with Crippen LogP contribution in [0.2, 0.25) is 0 Å². The fourth-order valence-electron chi connectivity index (χ4n) is 4.40. The molecule has 0 unspecified atom stereocenters. The third-order valence-corrected chi connectivity index (χ3v) is 6.45. The zero-order valence-electron chi connectivity index (χ0n) is 19.7. The van der Waals surface area contributed by atoms with E-state index in [1.54, 1.807) is 37.1 Å². The Morgan fingerprint density at radius 1 is 1.06 bits per heavy atom. The summed E-state index contributed by atoms with van der Waals surface area (Å²) in [5.74, 6) is 1.57. The van der Waals surface area contributed by atoms with Gasteiger partial charge < -0.3 is 24.3 Å². The molecule has 3 aromatic rings. The lowest BCUT2D eigenvalue weighted by Crippen LogP contribution is -2.43. The molecular weight excluding hydrogens is 418 g/mol. The smallest absolute Gasteiger partial charge is 0.251 e. The van der Waals surface area contributed by atoms with Crippen molar-refractivity contribution in [3.05, 3.63) is 58.3 Å². The zero-order chi connectivity index (χ0) is 23.2. The van der Waals surface area contributed by atoms with Crippen molar-refractivity contribution < 1.29 is 9.47 Å². The molecule has 0 radical (unpaired) electrons. The number of hydrogen-bond acceptors (Lipinski definition) is 7. The number of piperidine rings is 1. The largest absolute Gasteiger partial charge is 0.496 e. The molecule has 8 nitrogen and oxygen atoms in total. The normalized spacial score (nSPS) is 15.1. The number of fused-ring (bicyclic) bond motifs is 1. The standard InChI is InChI=1S/C25H33N5O3/c1-4-18-15-26-20(13-24(18)33-3)16-27-19-7-9-29(10-8-19)11-12-30-23-14-21(32-2)17-28-22(23)5-6-25(30)31/h5-6,13-15,17,19,27H,4,7-12,16H2,1-3H3. The van der Waals surface area contributed by atoms with Crippen LogP contribution in [-0.4, -0.2) is 59.3 Å². The van der Waals surface area contributed by atoms with Crippen LogP contribution in [0.5, 0.6) is 11.5 Å². The molecule has 1 N–H and O–H groups in total. The molecule has 3 aromatic heterocycles. The number of nitrogens with zero attached hydrogens (tertiary/aromatic N) is 4. The third-order valence-electron chi connectivity index (χ3n) is 6.45. The van der Waals surface area contributed by atoms with E-state index in [9.17, 15) is 4.79 Å². The van der Waals surface area contributed by atoms with E-state index in [-0.39, 0.29) is 5.56 Å². The van der Waals surface area contributed by atoms with Crippen LogP contribution in [0.25, 0.3) is 11.0 Å². The lowest BCUT2D eigenvalue weighted by atomic mass is 10.0. The lowest BCUT2D eigenvalue weighted by Gasteiger charge is -2.32. The predicted molar refractivity (Wildman–Crippen MR) is 129 cm³/mol. The monoisotopic (exact) mass is 451 g/mol. The van der Waals surface area contributed by atoms with Gasteiger partial charge in [0.05, 0.1) is 37.1 Å². The van der Waals surface area contributed by atoms with E-state index >= 15 is 0 Å². The average molecular weight is 452 g/mol. The van der Waals surface area contributed by atoms with Gasteiger partial charge >= 0.3 is 0 Å². The molecular formula is C25H33N5O3. The molecule has 0 spiro atoms. The Bertz CT molecular complexity index is 1140. The fraction of sp³-hybridized carbons (Fsp3) is 0.480. The summed E-state index contributed by atoms with van der Waals surface area (Å²) in [5, 5.41) is 3.64. The minimum Gasteiger partial charge on any atom is -0.496 e. The van der Waals surface area contributed by atoms with Gasteiger partial charge in [-0.3, -0.25) is 14.8 Å². The van der Waals surface area contributed by atoms with Crippen LogP contribution in [0.3, 0.4) is 0 Å². The quantitative estimate of drug-likeness (QED) is 0.536. The zero-order valence-corrected chi connectivity index (χ0v) is 19.7. The van der Waals surface area contributed by atoms with Gasteiger partial charge in [0.15, 0.2) is 0 Å². The van der Waals surface area contributed by atoms with Crippen LogP contribution in [0.4, 0.5) is 0 Å². The number of ether oxygens (including phenoxy) is 2. The van der Waals surface area contributed by atoms with Gasteiger partial charge in [0.2, 0.25) is 0 Å². The van der Waals surface area contributed by atoms with Crippen molar-refractivity contribution in [2.75, 3.05) is 33.9 Å². The van der Waals surface area contributed by atoms with Gasteiger partial charge in [0.1, 0.15) is 11.5 Å². The van der Waals surface area contributed by atoms with Crippen LogP contribution in [0.15, 0.2) is 41.5 Å². The van der Waals surface area contributed by atoms with Gasteiger partial charge in [-0.15, -0.1) is 0 Å². The number of rotatable bonds is 9. The second-order valence-corrected chi connectivity index (χ2v) is 8.44. The number of aryl methyl sites for hydroxylation is 1. The topological polar surface area (TPSA) is 81.5 Å². The second kappa shape index (κ2) is 10.8. The number of methoxy groups -OCH3 is 2. The van der Waals surface area contributed by atoms with E-state index in [4.69, 9.17) is 9.47 Å².